The molecule has 2 rings (SSSR count). The Morgan fingerprint density at radius 3 is 2.62 bits per heavy atom. The van der Waals surface area contributed by atoms with E-state index in [1.165, 1.54) is 0 Å². The van der Waals surface area contributed by atoms with E-state index >= 15 is 0 Å². The lowest BCUT2D eigenvalue weighted by Crippen LogP contribution is -2.38. The van der Waals surface area contributed by atoms with Crippen molar-refractivity contribution in [3.05, 3.63) is 23.0 Å². The van der Waals surface area contributed by atoms with Crippen molar-refractivity contribution in [2.45, 2.75) is 17.7 Å². The molecule has 9 heteroatoms. The first kappa shape index (κ1) is 16.0. The van der Waals surface area contributed by atoms with E-state index in [-0.39, 0.29) is 16.6 Å². The molecular formula is C12H15ClFN3O3S. The van der Waals surface area contributed by atoms with E-state index in [2.05, 4.69) is 4.72 Å². The average Bonchev–Trinajstić information content (AvgIpc) is 2.94. The maximum absolute atomic E-state index is 13.8. The van der Waals surface area contributed by atoms with Gasteiger partial charge in [0.1, 0.15) is 4.90 Å². The average molecular weight is 336 g/mol. The summed E-state index contributed by atoms with van der Waals surface area (Å²) in [6, 6.07) is 2.08. The van der Waals surface area contributed by atoms with Gasteiger partial charge < -0.3 is 10.6 Å². The van der Waals surface area contributed by atoms with Crippen LogP contribution >= 0.6 is 11.6 Å². The number of nitrogen functional groups attached to an aromatic ring is 1. The number of hydrogen-bond acceptors (Lipinski definition) is 4. The van der Waals surface area contributed by atoms with Crippen LogP contribution in [0.25, 0.3) is 0 Å². The first-order valence-corrected chi connectivity index (χ1v) is 8.19. The molecule has 1 saturated heterocycles. The molecule has 1 fully saturated rings. The smallest absolute Gasteiger partial charge is 0.244 e. The first-order chi connectivity index (χ1) is 9.81. The van der Waals surface area contributed by atoms with Crippen LogP contribution in [0.2, 0.25) is 5.02 Å². The zero-order valence-electron chi connectivity index (χ0n) is 11.1. The lowest BCUT2D eigenvalue weighted by molar-refractivity contribution is -0.128. The summed E-state index contributed by atoms with van der Waals surface area (Å²) in [5, 5.41) is -0.388. The van der Waals surface area contributed by atoms with E-state index in [1.54, 1.807) is 4.90 Å². The normalized spacial score (nSPS) is 15.4. The molecule has 1 aromatic rings. The highest BCUT2D eigenvalue weighted by Gasteiger charge is 2.24. The lowest BCUT2D eigenvalue weighted by Gasteiger charge is -2.16. The predicted octanol–water partition coefficient (Wildman–Crippen LogP) is 0.962. The van der Waals surface area contributed by atoms with Crippen LogP contribution in [0.4, 0.5) is 10.1 Å². The molecule has 6 nitrogen and oxygen atoms in total. The van der Waals surface area contributed by atoms with Gasteiger partial charge in [-0.05, 0) is 25.0 Å². The topological polar surface area (TPSA) is 92.5 Å². The number of nitrogens with two attached hydrogens (primary N) is 1. The Morgan fingerprint density at radius 2 is 2.00 bits per heavy atom. The number of sulfonamides is 1. The highest BCUT2D eigenvalue weighted by atomic mass is 35.5. The quantitative estimate of drug-likeness (QED) is 0.802. The Kier molecular flexibility index (Phi) is 4.70. The number of anilines is 1. The Morgan fingerprint density at radius 1 is 1.38 bits per heavy atom. The molecule has 0 spiro atoms. The van der Waals surface area contributed by atoms with Crippen LogP contribution in [0.5, 0.6) is 0 Å². The van der Waals surface area contributed by atoms with Gasteiger partial charge in [0.2, 0.25) is 15.9 Å². The van der Waals surface area contributed by atoms with Crippen molar-refractivity contribution in [1.82, 2.24) is 9.62 Å². The van der Waals surface area contributed by atoms with Gasteiger partial charge in [-0.1, -0.05) is 11.6 Å². The molecule has 116 valence electrons. The third kappa shape index (κ3) is 3.63. The van der Waals surface area contributed by atoms with Crippen LogP contribution in [0.1, 0.15) is 12.8 Å². The number of halogens is 2. The number of hydrogen-bond donors (Lipinski definition) is 2. The second-order valence-corrected chi connectivity index (χ2v) is 6.87. The molecule has 1 amide bonds. The van der Waals surface area contributed by atoms with E-state index in [1.807, 2.05) is 0 Å². The van der Waals surface area contributed by atoms with Crippen molar-refractivity contribution < 1.29 is 17.6 Å². The van der Waals surface area contributed by atoms with Crippen LogP contribution in [0, 0.1) is 5.82 Å². The van der Waals surface area contributed by atoms with Crippen LogP contribution < -0.4 is 10.5 Å². The Hall–Kier alpha value is -1.38. The molecule has 0 aliphatic carbocycles. The minimum absolute atomic E-state index is 0.0210. The van der Waals surface area contributed by atoms with E-state index in [0.29, 0.717) is 13.1 Å². The molecule has 0 saturated carbocycles. The Bertz CT molecular complexity index is 660. The van der Waals surface area contributed by atoms with Gasteiger partial charge >= 0.3 is 0 Å². The molecule has 1 heterocycles. The highest BCUT2D eigenvalue weighted by Crippen LogP contribution is 2.25. The van der Waals surface area contributed by atoms with Gasteiger partial charge in [0, 0.05) is 18.8 Å². The predicted molar refractivity (Wildman–Crippen MR) is 76.8 cm³/mol. The van der Waals surface area contributed by atoms with E-state index in [9.17, 15) is 17.6 Å². The fraction of sp³-hybridized carbons (Fsp3) is 0.417. The third-order valence-electron chi connectivity index (χ3n) is 3.18. The van der Waals surface area contributed by atoms with Gasteiger partial charge in [0.05, 0.1) is 11.6 Å². The highest BCUT2D eigenvalue weighted by molar-refractivity contribution is 7.89. The summed E-state index contributed by atoms with van der Waals surface area (Å²) < 4.78 is 40.0. The van der Waals surface area contributed by atoms with E-state index < -0.39 is 27.3 Å². The summed E-state index contributed by atoms with van der Waals surface area (Å²) in [6.45, 7) is 0.798. The minimum atomic E-state index is -4.20. The van der Waals surface area contributed by atoms with Gasteiger partial charge in [-0.15, -0.1) is 0 Å². The monoisotopic (exact) mass is 335 g/mol. The van der Waals surface area contributed by atoms with Crippen molar-refractivity contribution in [2.24, 2.45) is 0 Å². The Balaban J connectivity index is 2.13. The molecule has 1 aromatic carbocycles. The number of amides is 1. The summed E-state index contributed by atoms with van der Waals surface area (Å²) in [5.74, 6) is -1.43. The molecule has 3 N–H and O–H groups in total. The number of carbonyl (C=O) groups is 1. The van der Waals surface area contributed by atoms with Crippen molar-refractivity contribution >= 4 is 33.2 Å². The molecule has 0 unspecified atom stereocenters. The van der Waals surface area contributed by atoms with Crippen LogP contribution in [0.3, 0.4) is 0 Å². The molecular weight excluding hydrogens is 321 g/mol. The second-order valence-electron chi connectivity index (χ2n) is 4.73. The van der Waals surface area contributed by atoms with Crippen molar-refractivity contribution in [2.75, 3.05) is 25.4 Å². The third-order valence-corrected chi connectivity index (χ3v) is 4.85. The number of rotatable bonds is 4. The van der Waals surface area contributed by atoms with Crippen molar-refractivity contribution in [3.63, 3.8) is 0 Å². The standard InChI is InChI=1S/C12H15ClFN3O3S/c13-9-5-8(15)6-10(12(9)14)21(19,20)16-7-11(18)17-3-1-2-4-17/h5-6,16H,1-4,7,15H2. The maximum atomic E-state index is 13.8. The van der Waals surface area contributed by atoms with Crippen molar-refractivity contribution in [1.29, 1.82) is 0 Å². The summed E-state index contributed by atoms with van der Waals surface area (Å²) in [6.07, 6.45) is 1.80. The molecule has 21 heavy (non-hydrogen) atoms. The van der Waals surface area contributed by atoms with Gasteiger partial charge in [-0.3, -0.25) is 4.79 Å². The van der Waals surface area contributed by atoms with E-state index in [0.717, 1.165) is 25.0 Å². The molecule has 1 aliphatic rings. The van der Waals surface area contributed by atoms with Gasteiger partial charge in [-0.2, -0.15) is 0 Å². The second kappa shape index (κ2) is 6.17. The van der Waals surface area contributed by atoms with Crippen LogP contribution in [0.15, 0.2) is 17.0 Å². The molecule has 0 radical (unpaired) electrons. The molecule has 1 aliphatic heterocycles. The van der Waals surface area contributed by atoms with Gasteiger partial charge in [0.15, 0.2) is 5.82 Å². The maximum Gasteiger partial charge on any atom is 0.244 e. The number of carbonyl (C=O) groups excluding carboxylic acids is 1. The minimum Gasteiger partial charge on any atom is -0.399 e. The molecule has 0 bridgehead atoms. The summed E-state index contributed by atoms with van der Waals surface area (Å²) in [7, 11) is -4.20. The SMILES string of the molecule is Nc1cc(Cl)c(F)c(S(=O)(=O)NCC(=O)N2CCCC2)c1. The molecule has 0 aromatic heterocycles. The summed E-state index contributed by atoms with van der Waals surface area (Å²) in [5.41, 5.74) is 5.48. The lowest BCUT2D eigenvalue weighted by atomic mass is 10.3. The molecule has 0 atom stereocenters. The largest absolute Gasteiger partial charge is 0.399 e. The van der Waals surface area contributed by atoms with Gasteiger partial charge in [-0.25, -0.2) is 17.5 Å². The number of benzene rings is 1. The zero-order valence-corrected chi connectivity index (χ0v) is 12.7. The van der Waals surface area contributed by atoms with Crippen molar-refractivity contribution in [3.8, 4) is 0 Å². The number of nitrogens with one attached hydrogen (secondary N) is 1. The first-order valence-electron chi connectivity index (χ1n) is 6.33. The Labute approximate surface area is 127 Å². The summed E-state index contributed by atoms with van der Waals surface area (Å²) >= 11 is 5.57. The zero-order chi connectivity index (χ0) is 15.6. The fourth-order valence-electron chi connectivity index (χ4n) is 2.09. The fourth-order valence-corrected chi connectivity index (χ4v) is 3.48. The number of likely N-dealkylation sites (tertiary alicyclic amines) is 1. The van der Waals surface area contributed by atoms with Crippen LogP contribution in [-0.4, -0.2) is 38.9 Å². The summed E-state index contributed by atoms with van der Waals surface area (Å²) in [4.78, 5) is 12.7. The number of nitrogens with zero attached hydrogens (tertiary/aromatic N) is 1. The van der Waals surface area contributed by atoms with Crippen LogP contribution in [-0.2, 0) is 14.8 Å². The van der Waals surface area contributed by atoms with Gasteiger partial charge in [0.25, 0.3) is 0 Å². The van der Waals surface area contributed by atoms with E-state index in [4.69, 9.17) is 17.3 Å².